The number of benzene rings is 1. The molecule has 0 saturated carbocycles. The van der Waals surface area contributed by atoms with E-state index in [0.717, 1.165) is 5.56 Å². The van der Waals surface area contributed by atoms with Crippen LogP contribution in [0.1, 0.15) is 5.56 Å². The minimum absolute atomic E-state index is 0.0694. The third-order valence-electron chi connectivity index (χ3n) is 2.31. The molecule has 1 unspecified atom stereocenters. The van der Waals surface area contributed by atoms with Gasteiger partial charge in [-0.3, -0.25) is 4.79 Å². The molecule has 4 N–H and O–H groups in total. The maximum atomic E-state index is 10.4. The summed E-state index contributed by atoms with van der Waals surface area (Å²) in [5, 5.41) is 27.4. The van der Waals surface area contributed by atoms with Crippen LogP contribution < -0.4 is 10.8 Å². The molecule has 0 aromatic heterocycles. The lowest BCUT2D eigenvalue weighted by molar-refractivity contribution is -0.864. The Morgan fingerprint density at radius 2 is 1.71 bits per heavy atom. The number of hydrogen-bond acceptors (Lipinski definition) is 5. The quantitative estimate of drug-likeness (QED) is 0.586. The highest BCUT2D eigenvalue weighted by atomic mass is 16.4. The summed E-state index contributed by atoms with van der Waals surface area (Å²) in [6.45, 7) is 0.0694. The van der Waals surface area contributed by atoms with Gasteiger partial charge < -0.3 is 30.3 Å². The number of phenols is 1. The highest BCUT2D eigenvalue weighted by Crippen LogP contribution is 2.10. The summed E-state index contributed by atoms with van der Waals surface area (Å²) in [6.07, 6.45) is 0.273. The van der Waals surface area contributed by atoms with Gasteiger partial charge in [0, 0.05) is 0 Å². The molecule has 118 valence electrons. The van der Waals surface area contributed by atoms with Gasteiger partial charge in [-0.15, -0.1) is 0 Å². The van der Waals surface area contributed by atoms with Gasteiger partial charge in [-0.25, -0.2) is 0 Å². The van der Waals surface area contributed by atoms with E-state index in [9.17, 15) is 14.7 Å². The third-order valence-corrected chi connectivity index (χ3v) is 2.31. The third kappa shape index (κ3) is 10.3. The Morgan fingerprint density at radius 1 is 1.24 bits per heavy atom. The summed E-state index contributed by atoms with van der Waals surface area (Å²) in [5.41, 5.74) is 6.12. The fourth-order valence-corrected chi connectivity index (χ4v) is 1.36. The molecule has 0 aliphatic rings. The SMILES string of the molecule is C[N+](C)(C)CC(=O)[O-].NC(Cc1ccc(O)cc1)C(=O)O. The van der Waals surface area contributed by atoms with Crippen LogP contribution in [0.15, 0.2) is 24.3 Å². The van der Waals surface area contributed by atoms with Crippen molar-refractivity contribution in [3.63, 3.8) is 0 Å². The maximum Gasteiger partial charge on any atom is 0.320 e. The molecule has 7 nitrogen and oxygen atoms in total. The second-order valence-electron chi connectivity index (χ2n) is 5.64. The fraction of sp³-hybridized carbons (Fsp3) is 0.429. The standard InChI is InChI=1S/C9H11NO3.C5H11NO2/c10-8(9(12)13)5-6-1-3-7(11)4-2-6;1-6(2,3)4-5(7)8/h1-4,8,11H,5,10H2,(H,12,13);4H2,1-3H3. The zero-order valence-corrected chi connectivity index (χ0v) is 12.4. The van der Waals surface area contributed by atoms with Crippen molar-refractivity contribution in [2.75, 3.05) is 27.7 Å². The van der Waals surface area contributed by atoms with E-state index < -0.39 is 18.0 Å². The Labute approximate surface area is 123 Å². The number of nitrogens with zero attached hydrogens (tertiary/aromatic N) is 1. The predicted octanol–water partition coefficient (Wildman–Crippen LogP) is -1.21. The lowest BCUT2D eigenvalue weighted by Crippen LogP contribution is -2.45. The Balaban J connectivity index is 0.000000433. The van der Waals surface area contributed by atoms with Gasteiger partial charge in [-0.1, -0.05) is 12.1 Å². The van der Waals surface area contributed by atoms with Crippen molar-refractivity contribution in [3.05, 3.63) is 29.8 Å². The van der Waals surface area contributed by atoms with Gasteiger partial charge in [0.2, 0.25) is 0 Å². The number of rotatable bonds is 5. The predicted molar refractivity (Wildman–Crippen MR) is 75.3 cm³/mol. The Hall–Kier alpha value is -2.12. The van der Waals surface area contributed by atoms with Gasteiger partial charge in [0.05, 0.1) is 27.1 Å². The van der Waals surface area contributed by atoms with Gasteiger partial charge >= 0.3 is 5.97 Å². The highest BCUT2D eigenvalue weighted by molar-refractivity contribution is 5.73. The molecule has 0 amide bonds. The number of carbonyl (C=O) groups excluding carboxylic acids is 1. The van der Waals surface area contributed by atoms with Crippen LogP contribution >= 0.6 is 0 Å². The number of carboxylic acid groups (broad SMARTS) is 2. The van der Waals surface area contributed by atoms with Crippen LogP contribution in [0, 0.1) is 0 Å². The minimum atomic E-state index is -1.02. The first-order chi connectivity index (χ1) is 9.51. The molecule has 21 heavy (non-hydrogen) atoms. The van der Waals surface area contributed by atoms with Crippen LogP contribution in [-0.2, 0) is 16.0 Å². The van der Waals surface area contributed by atoms with Crippen LogP contribution in [0.4, 0.5) is 0 Å². The maximum absolute atomic E-state index is 10.4. The molecule has 0 fully saturated rings. The van der Waals surface area contributed by atoms with E-state index in [4.69, 9.17) is 15.9 Å². The normalized spacial score (nSPS) is 12.0. The summed E-state index contributed by atoms with van der Waals surface area (Å²) < 4.78 is 0.419. The summed E-state index contributed by atoms with van der Waals surface area (Å²) in [5.74, 6) is -1.86. The number of aliphatic carboxylic acids is 2. The number of likely N-dealkylation sites (N-methyl/N-ethyl adjacent to an activating group) is 1. The first-order valence-electron chi connectivity index (χ1n) is 6.28. The number of quaternary nitrogens is 1. The van der Waals surface area contributed by atoms with Crippen LogP contribution in [-0.4, -0.2) is 60.4 Å². The number of carbonyl (C=O) groups is 2. The Bertz CT molecular complexity index is 465. The first kappa shape index (κ1) is 18.9. The van der Waals surface area contributed by atoms with Gasteiger partial charge in [0.15, 0.2) is 0 Å². The van der Waals surface area contributed by atoms with Gasteiger partial charge in [-0.2, -0.15) is 0 Å². The molecule has 0 aliphatic heterocycles. The molecule has 1 aromatic carbocycles. The van der Waals surface area contributed by atoms with E-state index >= 15 is 0 Å². The van der Waals surface area contributed by atoms with Gasteiger partial charge in [0.25, 0.3) is 0 Å². The van der Waals surface area contributed by atoms with E-state index in [1.165, 1.54) is 12.1 Å². The van der Waals surface area contributed by atoms with E-state index in [1.807, 2.05) is 0 Å². The van der Waals surface area contributed by atoms with Crippen molar-refractivity contribution in [2.24, 2.45) is 5.73 Å². The zero-order chi connectivity index (χ0) is 16.6. The summed E-state index contributed by atoms with van der Waals surface area (Å²) >= 11 is 0. The number of phenolic OH excluding ortho intramolecular Hbond substituents is 1. The molecule has 1 aromatic rings. The minimum Gasteiger partial charge on any atom is -0.544 e. The zero-order valence-electron chi connectivity index (χ0n) is 12.4. The molecule has 0 spiro atoms. The molecule has 0 saturated heterocycles. The Kier molecular flexibility index (Phi) is 7.40. The van der Waals surface area contributed by atoms with E-state index in [2.05, 4.69) is 0 Å². The molecular weight excluding hydrogens is 276 g/mol. The monoisotopic (exact) mass is 298 g/mol. The number of carboxylic acids is 2. The lowest BCUT2D eigenvalue weighted by atomic mass is 10.1. The smallest absolute Gasteiger partial charge is 0.320 e. The summed E-state index contributed by atoms with van der Waals surface area (Å²) in [4.78, 5) is 20.3. The molecular formula is C14H22N2O5. The Morgan fingerprint density at radius 3 is 2.00 bits per heavy atom. The highest BCUT2D eigenvalue weighted by Gasteiger charge is 2.11. The van der Waals surface area contributed by atoms with Crippen LogP contribution in [0.3, 0.4) is 0 Å². The second-order valence-corrected chi connectivity index (χ2v) is 5.64. The molecule has 0 radical (unpaired) electrons. The van der Waals surface area contributed by atoms with Crippen LogP contribution in [0.25, 0.3) is 0 Å². The van der Waals surface area contributed by atoms with Crippen molar-refractivity contribution < 1.29 is 29.4 Å². The molecule has 0 heterocycles. The molecule has 0 aliphatic carbocycles. The first-order valence-corrected chi connectivity index (χ1v) is 6.28. The number of nitrogens with two attached hydrogens (primary N) is 1. The van der Waals surface area contributed by atoms with E-state index in [-0.39, 0.29) is 18.7 Å². The number of hydrogen-bond donors (Lipinski definition) is 3. The summed E-state index contributed by atoms with van der Waals surface area (Å²) in [7, 11) is 5.40. The van der Waals surface area contributed by atoms with E-state index in [0.29, 0.717) is 4.48 Å². The van der Waals surface area contributed by atoms with Gasteiger partial charge in [-0.05, 0) is 24.1 Å². The average Bonchev–Trinajstić information content (AvgIpc) is 2.29. The number of aromatic hydroxyl groups is 1. The van der Waals surface area contributed by atoms with E-state index in [1.54, 1.807) is 33.3 Å². The topological polar surface area (TPSA) is 124 Å². The molecule has 7 heteroatoms. The van der Waals surface area contributed by atoms with Crippen LogP contribution in [0.5, 0.6) is 5.75 Å². The van der Waals surface area contributed by atoms with Crippen molar-refractivity contribution >= 4 is 11.9 Å². The van der Waals surface area contributed by atoms with Crippen LogP contribution in [0.2, 0.25) is 0 Å². The fourth-order valence-electron chi connectivity index (χ4n) is 1.36. The molecule has 1 rings (SSSR count). The average molecular weight is 298 g/mol. The molecule has 0 bridgehead atoms. The van der Waals surface area contributed by atoms with Gasteiger partial charge in [0.1, 0.15) is 18.3 Å². The largest absolute Gasteiger partial charge is 0.544 e. The van der Waals surface area contributed by atoms with Crippen molar-refractivity contribution in [2.45, 2.75) is 12.5 Å². The van der Waals surface area contributed by atoms with Crippen molar-refractivity contribution in [1.82, 2.24) is 0 Å². The van der Waals surface area contributed by atoms with Crippen molar-refractivity contribution in [3.8, 4) is 5.75 Å². The lowest BCUT2D eigenvalue weighted by Gasteiger charge is -2.23. The summed E-state index contributed by atoms with van der Waals surface area (Å²) in [6, 6.07) is 5.42. The van der Waals surface area contributed by atoms with Crippen molar-refractivity contribution in [1.29, 1.82) is 0 Å². The molecule has 1 atom stereocenters. The second kappa shape index (κ2) is 8.23.